The van der Waals surface area contributed by atoms with Gasteiger partial charge in [0.2, 0.25) is 11.8 Å². The van der Waals surface area contributed by atoms with Crippen LogP contribution in [0.4, 0.5) is 0 Å². The van der Waals surface area contributed by atoms with E-state index in [4.69, 9.17) is 25.5 Å². The van der Waals surface area contributed by atoms with Gasteiger partial charge < -0.3 is 20.1 Å². The van der Waals surface area contributed by atoms with Crippen LogP contribution in [0.3, 0.4) is 0 Å². The van der Waals surface area contributed by atoms with Crippen LogP contribution in [0, 0.1) is 11.3 Å². The number of fused-ring (bicyclic) bond motifs is 1. The molecule has 39 heavy (non-hydrogen) atoms. The number of nitrogens with zero attached hydrogens (tertiary/aromatic N) is 5. The van der Waals surface area contributed by atoms with Gasteiger partial charge >= 0.3 is 0 Å². The van der Waals surface area contributed by atoms with Crippen LogP contribution < -0.4 is 15.2 Å². The van der Waals surface area contributed by atoms with Crippen LogP contribution in [0.5, 0.6) is 11.6 Å². The number of carbonyl (C=O) groups excluding carboxylic acids is 2. The minimum absolute atomic E-state index is 0.150. The number of benzene rings is 1. The number of likely N-dealkylation sites (tertiary alicyclic amines) is 1. The van der Waals surface area contributed by atoms with E-state index < -0.39 is 5.91 Å². The molecule has 1 unspecified atom stereocenters. The van der Waals surface area contributed by atoms with Gasteiger partial charge in [-0.05, 0) is 57.0 Å². The van der Waals surface area contributed by atoms with Gasteiger partial charge in [-0.1, -0.05) is 12.8 Å². The lowest BCUT2D eigenvalue weighted by Gasteiger charge is -2.32. The molecule has 2 aliphatic rings. The predicted octanol–water partition coefficient (Wildman–Crippen LogP) is 4.38. The van der Waals surface area contributed by atoms with Gasteiger partial charge in [0.25, 0.3) is 5.91 Å². The first-order valence-corrected chi connectivity index (χ1v) is 13.6. The third-order valence-corrected chi connectivity index (χ3v) is 7.43. The van der Waals surface area contributed by atoms with Crippen LogP contribution in [-0.2, 0) is 4.79 Å². The van der Waals surface area contributed by atoms with E-state index in [0.717, 1.165) is 42.2 Å². The molecule has 10 nitrogen and oxygen atoms in total. The molecule has 0 bridgehead atoms. The number of aromatic nitrogens is 3. The van der Waals surface area contributed by atoms with Crippen LogP contribution in [-0.4, -0.2) is 56.8 Å². The Morgan fingerprint density at radius 1 is 1.15 bits per heavy atom. The second kappa shape index (κ2) is 11.3. The quantitative estimate of drug-likeness (QED) is 0.456. The number of amides is 2. The summed E-state index contributed by atoms with van der Waals surface area (Å²) in [6, 6.07) is 5.84. The lowest BCUT2D eigenvalue weighted by atomic mass is 9.99. The third kappa shape index (κ3) is 5.67. The number of nitriles is 1. The molecule has 2 amide bonds. The summed E-state index contributed by atoms with van der Waals surface area (Å²) in [7, 11) is 0. The van der Waals surface area contributed by atoms with Crippen molar-refractivity contribution in [3.05, 3.63) is 36.3 Å². The molecule has 1 atom stereocenters. The molecule has 10 heteroatoms. The van der Waals surface area contributed by atoms with Gasteiger partial charge in [-0.15, -0.1) is 0 Å². The molecule has 1 saturated carbocycles. The second-order valence-corrected chi connectivity index (χ2v) is 10.6. The van der Waals surface area contributed by atoms with E-state index in [1.807, 2.05) is 37.0 Å². The summed E-state index contributed by atoms with van der Waals surface area (Å²) in [5, 5.41) is 15.0. The Balaban J connectivity index is 1.56. The van der Waals surface area contributed by atoms with Crippen LogP contribution in [0.1, 0.15) is 75.2 Å². The molecule has 0 spiro atoms. The van der Waals surface area contributed by atoms with Gasteiger partial charge in [-0.3, -0.25) is 14.3 Å². The highest BCUT2D eigenvalue weighted by atomic mass is 16.5. The fourth-order valence-corrected chi connectivity index (χ4v) is 5.55. The summed E-state index contributed by atoms with van der Waals surface area (Å²) in [5.74, 6) is -0.0265. The van der Waals surface area contributed by atoms with Gasteiger partial charge in [0.1, 0.15) is 18.3 Å². The fraction of sp³-hybridized carbons (Fsp3) is 0.483. The summed E-state index contributed by atoms with van der Waals surface area (Å²) >= 11 is 0. The number of carbonyl (C=O) groups is 2. The highest BCUT2D eigenvalue weighted by molar-refractivity contribution is 6.06. The smallest absolute Gasteiger partial charge is 0.252 e. The summed E-state index contributed by atoms with van der Waals surface area (Å²) in [4.78, 5) is 31.1. The Kier molecular flexibility index (Phi) is 7.68. The van der Waals surface area contributed by atoms with Gasteiger partial charge in [0.15, 0.2) is 0 Å². The van der Waals surface area contributed by atoms with Crippen molar-refractivity contribution in [2.45, 2.75) is 77.0 Å². The number of pyridine rings is 1. The van der Waals surface area contributed by atoms with E-state index in [2.05, 4.69) is 5.10 Å². The molecule has 1 aromatic carbocycles. The molecule has 0 radical (unpaired) electrons. The van der Waals surface area contributed by atoms with Crippen LogP contribution >= 0.6 is 0 Å². The maximum Gasteiger partial charge on any atom is 0.252 e. The van der Waals surface area contributed by atoms with E-state index in [-0.39, 0.29) is 30.1 Å². The Morgan fingerprint density at radius 3 is 2.67 bits per heavy atom. The molecule has 204 valence electrons. The van der Waals surface area contributed by atoms with Crippen molar-refractivity contribution in [2.24, 2.45) is 5.73 Å². The first-order valence-electron chi connectivity index (χ1n) is 13.6. The van der Waals surface area contributed by atoms with E-state index in [1.165, 1.54) is 12.8 Å². The highest BCUT2D eigenvalue weighted by Gasteiger charge is 2.27. The largest absolute Gasteiger partial charge is 0.490 e. The Labute approximate surface area is 227 Å². The molecular weight excluding hydrogens is 496 g/mol. The van der Waals surface area contributed by atoms with Gasteiger partial charge in [0.05, 0.1) is 36.5 Å². The standard InChI is InChI=1S/C29H34N6O4/c1-18(2)38-26-13-23-22(12-24(26)28(31)37)25(19-14-33-35(16-19)20-6-3-4-7-20)15-32-29(23)39-21-8-5-11-34(17-21)27(36)9-10-30/h12-16,18,20-21H,3-9,11,17H2,1-2H3,(H2,31,37). The van der Waals surface area contributed by atoms with Gasteiger partial charge in [-0.2, -0.15) is 10.4 Å². The molecule has 5 rings (SSSR count). The number of ether oxygens (including phenoxy) is 2. The lowest BCUT2D eigenvalue weighted by molar-refractivity contribution is -0.132. The molecule has 2 N–H and O–H groups in total. The zero-order chi connectivity index (χ0) is 27.5. The van der Waals surface area contributed by atoms with Gasteiger partial charge in [0, 0.05) is 35.5 Å². The first-order chi connectivity index (χ1) is 18.8. The van der Waals surface area contributed by atoms with Crippen molar-refractivity contribution >= 4 is 22.6 Å². The molecule has 3 aromatic rings. The minimum atomic E-state index is -0.585. The monoisotopic (exact) mass is 530 g/mol. The van der Waals surface area contributed by atoms with Gasteiger partial charge in [-0.25, -0.2) is 4.98 Å². The maximum atomic E-state index is 12.4. The van der Waals surface area contributed by atoms with Crippen molar-refractivity contribution < 1.29 is 19.1 Å². The molecule has 3 heterocycles. The van der Waals surface area contributed by atoms with Crippen LogP contribution in [0.15, 0.2) is 30.7 Å². The number of primary amides is 1. The van der Waals surface area contributed by atoms with Crippen molar-refractivity contribution in [3.63, 3.8) is 0 Å². The topological polar surface area (TPSA) is 136 Å². The van der Waals surface area contributed by atoms with Crippen LogP contribution in [0.25, 0.3) is 21.9 Å². The Bertz CT molecular complexity index is 1420. The first kappa shape index (κ1) is 26.5. The van der Waals surface area contributed by atoms with Crippen molar-refractivity contribution in [1.29, 1.82) is 5.26 Å². The maximum absolute atomic E-state index is 12.4. The van der Waals surface area contributed by atoms with Crippen molar-refractivity contribution in [1.82, 2.24) is 19.7 Å². The normalized spacial score (nSPS) is 17.9. The van der Waals surface area contributed by atoms with Crippen LogP contribution in [0.2, 0.25) is 0 Å². The zero-order valence-electron chi connectivity index (χ0n) is 22.4. The Morgan fingerprint density at radius 2 is 1.95 bits per heavy atom. The number of rotatable bonds is 8. The third-order valence-electron chi connectivity index (χ3n) is 7.43. The summed E-state index contributed by atoms with van der Waals surface area (Å²) in [5.41, 5.74) is 7.76. The molecule has 1 aliphatic heterocycles. The predicted molar refractivity (Wildman–Crippen MR) is 145 cm³/mol. The van der Waals surface area contributed by atoms with Crippen molar-refractivity contribution in [3.8, 4) is 28.8 Å². The SMILES string of the molecule is CC(C)Oc1cc2c(OC3CCCN(C(=O)CC#N)C3)ncc(-c3cnn(C4CCCC4)c3)c2cc1C(N)=O. The summed E-state index contributed by atoms with van der Waals surface area (Å²) < 4.78 is 14.4. The van der Waals surface area contributed by atoms with E-state index in [1.54, 1.807) is 23.2 Å². The number of piperidine rings is 1. The molecule has 1 saturated heterocycles. The lowest BCUT2D eigenvalue weighted by Crippen LogP contribution is -2.44. The van der Waals surface area contributed by atoms with Crippen molar-refractivity contribution in [2.75, 3.05) is 13.1 Å². The highest BCUT2D eigenvalue weighted by Crippen LogP contribution is 2.39. The molecular formula is C29H34N6O4. The van der Waals surface area contributed by atoms with E-state index in [0.29, 0.717) is 36.1 Å². The van der Waals surface area contributed by atoms with E-state index >= 15 is 0 Å². The summed E-state index contributed by atoms with van der Waals surface area (Å²) in [6.07, 6.45) is 11.2. The Hall–Kier alpha value is -4.13. The number of hydrogen-bond acceptors (Lipinski definition) is 7. The fourth-order valence-electron chi connectivity index (χ4n) is 5.55. The average molecular weight is 531 g/mol. The zero-order valence-corrected chi connectivity index (χ0v) is 22.4. The molecule has 1 aliphatic carbocycles. The number of nitrogens with two attached hydrogens (primary N) is 1. The average Bonchev–Trinajstić information content (AvgIpc) is 3.61. The molecule has 2 fully saturated rings. The van der Waals surface area contributed by atoms with E-state index in [9.17, 15) is 9.59 Å². The number of hydrogen-bond donors (Lipinski definition) is 1. The summed E-state index contributed by atoms with van der Waals surface area (Å²) in [6.45, 7) is 4.75. The minimum Gasteiger partial charge on any atom is -0.490 e. The second-order valence-electron chi connectivity index (χ2n) is 10.6. The molecule has 2 aromatic heterocycles.